The van der Waals surface area contributed by atoms with Crippen LogP contribution in [0.5, 0.6) is 0 Å². The molecule has 1 unspecified atom stereocenters. The van der Waals surface area contributed by atoms with E-state index in [0.717, 1.165) is 18.5 Å². The first-order chi connectivity index (χ1) is 6.50. The van der Waals surface area contributed by atoms with Gasteiger partial charge in [0, 0.05) is 25.2 Å². The Kier molecular flexibility index (Phi) is 4.39. The summed E-state index contributed by atoms with van der Waals surface area (Å²) in [6, 6.07) is 1.19. The lowest BCUT2D eigenvalue weighted by Crippen LogP contribution is -2.43. The van der Waals surface area contributed by atoms with E-state index in [2.05, 4.69) is 32.6 Å². The van der Waals surface area contributed by atoms with Crippen molar-refractivity contribution >= 4 is 0 Å². The summed E-state index contributed by atoms with van der Waals surface area (Å²) in [7, 11) is 0. The molecule has 0 aliphatic heterocycles. The Labute approximate surface area is 88.8 Å². The van der Waals surface area contributed by atoms with Crippen molar-refractivity contribution in [3.63, 3.8) is 0 Å². The lowest BCUT2D eigenvalue weighted by atomic mass is 10.0. The van der Waals surface area contributed by atoms with Crippen LogP contribution in [-0.4, -0.2) is 30.1 Å². The van der Waals surface area contributed by atoms with Crippen molar-refractivity contribution < 1.29 is 0 Å². The monoisotopic (exact) mass is 198 g/mol. The Morgan fingerprint density at radius 1 is 1.14 bits per heavy atom. The Hall–Kier alpha value is -0.0800. The van der Waals surface area contributed by atoms with Crippen LogP contribution in [0.1, 0.15) is 40.5 Å². The first-order valence-corrected chi connectivity index (χ1v) is 6.00. The fourth-order valence-corrected chi connectivity index (χ4v) is 1.76. The first-order valence-electron chi connectivity index (χ1n) is 6.00. The Bertz CT molecular complexity index is 162. The molecule has 1 atom stereocenters. The van der Waals surface area contributed by atoms with Crippen LogP contribution in [-0.2, 0) is 0 Å². The average molecular weight is 198 g/mol. The SMILES string of the molecule is CC(C)CN(CC(N)C(C)C)C1CC1. The van der Waals surface area contributed by atoms with Crippen LogP contribution >= 0.6 is 0 Å². The Morgan fingerprint density at radius 2 is 1.71 bits per heavy atom. The zero-order valence-electron chi connectivity index (χ0n) is 10.2. The van der Waals surface area contributed by atoms with Gasteiger partial charge in [-0.2, -0.15) is 0 Å². The molecular formula is C12H26N2. The zero-order valence-corrected chi connectivity index (χ0v) is 10.2. The standard InChI is InChI=1S/C12H26N2/c1-9(2)7-14(11-5-6-11)8-12(13)10(3)4/h9-12H,5-8,13H2,1-4H3. The molecule has 1 fully saturated rings. The van der Waals surface area contributed by atoms with Crippen LogP contribution in [0.3, 0.4) is 0 Å². The first kappa shape index (κ1) is 12.0. The van der Waals surface area contributed by atoms with Gasteiger partial charge in [-0.05, 0) is 24.7 Å². The van der Waals surface area contributed by atoms with Gasteiger partial charge in [0.2, 0.25) is 0 Å². The largest absolute Gasteiger partial charge is 0.326 e. The molecular weight excluding hydrogens is 172 g/mol. The Morgan fingerprint density at radius 3 is 2.07 bits per heavy atom. The van der Waals surface area contributed by atoms with Crippen molar-refractivity contribution in [1.82, 2.24) is 4.90 Å². The van der Waals surface area contributed by atoms with E-state index in [1.54, 1.807) is 0 Å². The molecule has 0 amide bonds. The summed E-state index contributed by atoms with van der Waals surface area (Å²) >= 11 is 0. The molecule has 0 spiro atoms. The smallest absolute Gasteiger partial charge is 0.0191 e. The molecule has 0 bridgehead atoms. The highest BCUT2D eigenvalue weighted by molar-refractivity contribution is 4.87. The zero-order chi connectivity index (χ0) is 10.7. The minimum Gasteiger partial charge on any atom is -0.326 e. The van der Waals surface area contributed by atoms with Crippen molar-refractivity contribution in [2.24, 2.45) is 17.6 Å². The van der Waals surface area contributed by atoms with Gasteiger partial charge in [0.05, 0.1) is 0 Å². The van der Waals surface area contributed by atoms with E-state index in [-0.39, 0.29) is 0 Å². The second kappa shape index (κ2) is 5.13. The number of rotatable bonds is 6. The number of hydrogen-bond donors (Lipinski definition) is 1. The van der Waals surface area contributed by atoms with E-state index in [9.17, 15) is 0 Å². The molecule has 0 radical (unpaired) electrons. The maximum atomic E-state index is 6.12. The van der Waals surface area contributed by atoms with Crippen LogP contribution < -0.4 is 5.73 Å². The van der Waals surface area contributed by atoms with Gasteiger partial charge in [0.15, 0.2) is 0 Å². The maximum absolute atomic E-state index is 6.12. The average Bonchev–Trinajstić information content (AvgIpc) is 2.83. The fourth-order valence-electron chi connectivity index (χ4n) is 1.76. The molecule has 0 heterocycles. The molecule has 1 aliphatic rings. The van der Waals surface area contributed by atoms with Gasteiger partial charge in [-0.25, -0.2) is 0 Å². The van der Waals surface area contributed by atoms with E-state index >= 15 is 0 Å². The lowest BCUT2D eigenvalue weighted by Gasteiger charge is -2.28. The topological polar surface area (TPSA) is 29.3 Å². The molecule has 0 aromatic carbocycles. The van der Waals surface area contributed by atoms with E-state index in [1.807, 2.05) is 0 Å². The van der Waals surface area contributed by atoms with Gasteiger partial charge >= 0.3 is 0 Å². The highest BCUT2D eigenvalue weighted by atomic mass is 15.2. The van der Waals surface area contributed by atoms with Crippen LogP contribution in [0.4, 0.5) is 0 Å². The third kappa shape index (κ3) is 3.97. The summed E-state index contributed by atoms with van der Waals surface area (Å²) in [5.41, 5.74) is 6.12. The third-order valence-electron chi connectivity index (χ3n) is 2.96. The van der Waals surface area contributed by atoms with Gasteiger partial charge in [0.1, 0.15) is 0 Å². The van der Waals surface area contributed by atoms with Gasteiger partial charge < -0.3 is 5.73 Å². The van der Waals surface area contributed by atoms with Crippen LogP contribution in [0.2, 0.25) is 0 Å². The van der Waals surface area contributed by atoms with Gasteiger partial charge in [-0.1, -0.05) is 27.7 Å². The second-order valence-electron chi connectivity index (χ2n) is 5.49. The van der Waals surface area contributed by atoms with Crippen molar-refractivity contribution in [1.29, 1.82) is 0 Å². The van der Waals surface area contributed by atoms with Crippen molar-refractivity contribution in [2.45, 2.75) is 52.6 Å². The molecule has 1 rings (SSSR count). The molecule has 0 saturated heterocycles. The fraction of sp³-hybridized carbons (Fsp3) is 1.00. The highest BCUT2D eigenvalue weighted by Gasteiger charge is 2.30. The molecule has 1 aliphatic carbocycles. The summed E-state index contributed by atoms with van der Waals surface area (Å²) in [5.74, 6) is 1.36. The molecule has 0 aromatic rings. The normalized spacial score (nSPS) is 19.7. The minimum absolute atomic E-state index is 0.342. The molecule has 84 valence electrons. The number of hydrogen-bond acceptors (Lipinski definition) is 2. The summed E-state index contributed by atoms with van der Waals surface area (Å²) < 4.78 is 0. The predicted octanol–water partition coefficient (Wildman–Crippen LogP) is 2.09. The van der Waals surface area contributed by atoms with E-state index < -0.39 is 0 Å². The summed E-state index contributed by atoms with van der Waals surface area (Å²) in [6.07, 6.45) is 2.77. The quantitative estimate of drug-likeness (QED) is 0.708. The van der Waals surface area contributed by atoms with Crippen LogP contribution in [0, 0.1) is 11.8 Å². The molecule has 14 heavy (non-hydrogen) atoms. The maximum Gasteiger partial charge on any atom is 0.0191 e. The van der Waals surface area contributed by atoms with Gasteiger partial charge in [-0.3, -0.25) is 4.90 Å². The van der Waals surface area contributed by atoms with Gasteiger partial charge in [0.25, 0.3) is 0 Å². The third-order valence-corrected chi connectivity index (χ3v) is 2.96. The predicted molar refractivity (Wildman–Crippen MR) is 62.2 cm³/mol. The Balaban J connectivity index is 2.34. The summed E-state index contributed by atoms with van der Waals surface area (Å²) in [5, 5.41) is 0. The van der Waals surface area contributed by atoms with Gasteiger partial charge in [-0.15, -0.1) is 0 Å². The number of nitrogens with zero attached hydrogens (tertiary/aromatic N) is 1. The molecule has 2 heteroatoms. The van der Waals surface area contributed by atoms with Crippen molar-refractivity contribution in [2.75, 3.05) is 13.1 Å². The van der Waals surface area contributed by atoms with Crippen molar-refractivity contribution in [3.8, 4) is 0 Å². The number of nitrogens with two attached hydrogens (primary N) is 1. The second-order valence-corrected chi connectivity index (χ2v) is 5.49. The molecule has 0 aromatic heterocycles. The van der Waals surface area contributed by atoms with Crippen LogP contribution in [0.25, 0.3) is 0 Å². The van der Waals surface area contributed by atoms with E-state index in [1.165, 1.54) is 19.4 Å². The highest BCUT2D eigenvalue weighted by Crippen LogP contribution is 2.27. The van der Waals surface area contributed by atoms with Crippen LogP contribution in [0.15, 0.2) is 0 Å². The minimum atomic E-state index is 0.342. The van der Waals surface area contributed by atoms with E-state index in [0.29, 0.717) is 12.0 Å². The van der Waals surface area contributed by atoms with E-state index in [4.69, 9.17) is 5.73 Å². The molecule has 2 nitrogen and oxygen atoms in total. The summed E-state index contributed by atoms with van der Waals surface area (Å²) in [6.45, 7) is 11.3. The molecule has 2 N–H and O–H groups in total. The molecule has 1 saturated carbocycles. The lowest BCUT2D eigenvalue weighted by molar-refractivity contribution is 0.206. The summed E-state index contributed by atoms with van der Waals surface area (Å²) in [4.78, 5) is 2.59. The van der Waals surface area contributed by atoms with Crippen molar-refractivity contribution in [3.05, 3.63) is 0 Å².